The summed E-state index contributed by atoms with van der Waals surface area (Å²) in [7, 11) is -3.26. The Morgan fingerprint density at radius 3 is 2.62 bits per heavy atom. The van der Waals surface area contributed by atoms with Crippen LogP contribution in [0.1, 0.15) is 64.5 Å². The molecule has 0 saturated carbocycles. The minimum Gasteiger partial charge on any atom is -0.444 e. The fourth-order valence-electron chi connectivity index (χ4n) is 4.87. The number of carbonyl (C=O) groups is 1. The number of piperidine rings is 1. The van der Waals surface area contributed by atoms with Crippen molar-refractivity contribution in [1.29, 1.82) is 0 Å². The molecule has 1 amide bonds. The molecular formula is C23H35FN2O5S. The maximum absolute atomic E-state index is 13.7. The lowest BCUT2D eigenvalue weighted by atomic mass is 9.91. The number of benzene rings is 1. The van der Waals surface area contributed by atoms with Gasteiger partial charge >= 0.3 is 6.09 Å². The summed E-state index contributed by atoms with van der Waals surface area (Å²) in [6, 6.07) is 5.08. The molecule has 2 fully saturated rings. The van der Waals surface area contributed by atoms with Gasteiger partial charge in [-0.2, -0.15) is 0 Å². The van der Waals surface area contributed by atoms with Gasteiger partial charge in [0.05, 0.1) is 18.4 Å². The number of halogens is 1. The molecule has 0 bridgehead atoms. The number of aliphatic hydroxyl groups is 1. The van der Waals surface area contributed by atoms with E-state index in [2.05, 4.69) is 0 Å². The fourth-order valence-corrected chi connectivity index (χ4v) is 5.81. The maximum Gasteiger partial charge on any atom is 0.410 e. The number of hydrogen-bond acceptors (Lipinski definition) is 5. The van der Waals surface area contributed by atoms with Gasteiger partial charge in [0.2, 0.25) is 10.0 Å². The highest BCUT2D eigenvalue weighted by atomic mass is 32.2. The number of ether oxygens (including phenoxy) is 1. The summed E-state index contributed by atoms with van der Waals surface area (Å²) >= 11 is 0. The lowest BCUT2D eigenvalue weighted by Crippen LogP contribution is -2.48. The normalized spacial score (nSPS) is 26.2. The number of likely N-dealkylation sites (tertiary alicyclic amines) is 1. The molecule has 1 N–H and O–H groups in total. The number of hydrogen-bond donors (Lipinski definition) is 1. The zero-order valence-corrected chi connectivity index (χ0v) is 20.1. The third kappa shape index (κ3) is 6.20. The number of sulfonamides is 1. The van der Waals surface area contributed by atoms with Crippen molar-refractivity contribution >= 4 is 16.1 Å². The van der Waals surface area contributed by atoms with E-state index in [9.17, 15) is 22.7 Å². The van der Waals surface area contributed by atoms with Crippen molar-refractivity contribution in [3.05, 3.63) is 35.6 Å². The Balaban J connectivity index is 1.81. The summed E-state index contributed by atoms with van der Waals surface area (Å²) < 4.78 is 44.9. The average Bonchev–Trinajstić information content (AvgIpc) is 3.09. The van der Waals surface area contributed by atoms with Gasteiger partial charge in [-0.25, -0.2) is 21.9 Å². The molecule has 180 valence electrons. The van der Waals surface area contributed by atoms with E-state index >= 15 is 0 Å². The monoisotopic (exact) mass is 470 g/mol. The van der Waals surface area contributed by atoms with E-state index in [0.717, 1.165) is 12.8 Å². The smallest absolute Gasteiger partial charge is 0.410 e. The number of carbonyl (C=O) groups excluding carboxylic acids is 1. The Kier molecular flexibility index (Phi) is 7.51. The van der Waals surface area contributed by atoms with Gasteiger partial charge in [-0.1, -0.05) is 12.1 Å². The van der Waals surface area contributed by atoms with Crippen LogP contribution in [0, 0.1) is 11.7 Å². The predicted octanol–water partition coefficient (Wildman–Crippen LogP) is 3.69. The van der Waals surface area contributed by atoms with Crippen LogP contribution in [-0.2, 0) is 14.8 Å². The van der Waals surface area contributed by atoms with Crippen LogP contribution < -0.4 is 0 Å². The van der Waals surface area contributed by atoms with Crippen molar-refractivity contribution in [1.82, 2.24) is 9.21 Å². The minimum absolute atomic E-state index is 0.124. The van der Waals surface area contributed by atoms with Crippen LogP contribution in [0.15, 0.2) is 24.3 Å². The molecular weight excluding hydrogens is 435 g/mol. The summed E-state index contributed by atoms with van der Waals surface area (Å²) in [4.78, 5) is 14.8. The number of rotatable bonds is 5. The first-order valence-corrected chi connectivity index (χ1v) is 13.1. The van der Waals surface area contributed by atoms with E-state index in [1.54, 1.807) is 37.8 Å². The Morgan fingerprint density at radius 2 is 2.00 bits per heavy atom. The van der Waals surface area contributed by atoms with Crippen molar-refractivity contribution in [3.8, 4) is 0 Å². The first-order valence-electron chi connectivity index (χ1n) is 11.2. The zero-order chi connectivity index (χ0) is 23.7. The van der Waals surface area contributed by atoms with Crippen molar-refractivity contribution in [2.45, 2.75) is 76.7 Å². The zero-order valence-electron chi connectivity index (χ0n) is 19.3. The summed E-state index contributed by atoms with van der Waals surface area (Å²) in [6.45, 7) is 6.34. The topological polar surface area (TPSA) is 87.2 Å². The van der Waals surface area contributed by atoms with Crippen molar-refractivity contribution < 1.29 is 27.4 Å². The Bertz CT molecular complexity index is 917. The van der Waals surface area contributed by atoms with Crippen molar-refractivity contribution in [2.75, 3.05) is 19.3 Å². The van der Waals surface area contributed by atoms with Gasteiger partial charge in [0.15, 0.2) is 0 Å². The van der Waals surface area contributed by atoms with Gasteiger partial charge in [0.1, 0.15) is 11.4 Å². The molecule has 1 aromatic rings. The first-order chi connectivity index (χ1) is 14.8. The molecule has 7 nitrogen and oxygen atoms in total. The molecule has 9 heteroatoms. The van der Waals surface area contributed by atoms with Crippen LogP contribution in [0.25, 0.3) is 0 Å². The fraction of sp³-hybridized carbons (Fsp3) is 0.696. The lowest BCUT2D eigenvalue weighted by molar-refractivity contribution is -0.00757. The second kappa shape index (κ2) is 9.65. The molecule has 0 radical (unpaired) electrons. The number of nitrogens with zero attached hydrogens (tertiary/aromatic N) is 2. The predicted molar refractivity (Wildman–Crippen MR) is 120 cm³/mol. The SMILES string of the molecule is CC(C)(C)OC(=O)N1[C@H](C[C@@H]2CCCN(S(C)(=O)=O)C2)CC[C@@H]1[C@H](O)c1cccc(F)c1. The standard InChI is InChI=1S/C23H35FN2O5S/c1-23(2,3)31-22(28)26-19(13-16-7-6-12-25(15-16)32(4,29)30)10-11-20(26)21(27)17-8-5-9-18(24)14-17/h5,8-9,14,16,19-21,27H,6-7,10-13,15H2,1-4H3/t16-,19-,20+,21+/m0/s1. The third-order valence-electron chi connectivity index (χ3n) is 6.26. The highest BCUT2D eigenvalue weighted by Gasteiger charge is 2.44. The largest absolute Gasteiger partial charge is 0.444 e. The van der Waals surface area contributed by atoms with E-state index in [-0.39, 0.29) is 12.0 Å². The summed E-state index contributed by atoms with van der Waals surface area (Å²) in [6.07, 6.45) is 3.23. The Labute approximate surface area is 190 Å². The Morgan fingerprint density at radius 1 is 1.28 bits per heavy atom. The molecule has 0 aromatic heterocycles. The minimum atomic E-state index is -3.26. The van der Waals surface area contributed by atoms with Crippen LogP contribution in [0.5, 0.6) is 0 Å². The molecule has 0 spiro atoms. The Hall–Kier alpha value is -1.71. The molecule has 32 heavy (non-hydrogen) atoms. The van der Waals surface area contributed by atoms with E-state index in [0.29, 0.717) is 37.9 Å². The van der Waals surface area contributed by atoms with Crippen LogP contribution in [0.2, 0.25) is 0 Å². The van der Waals surface area contributed by atoms with Crippen molar-refractivity contribution in [3.63, 3.8) is 0 Å². The summed E-state index contributed by atoms with van der Waals surface area (Å²) in [5.41, 5.74) is -0.276. The van der Waals surface area contributed by atoms with E-state index < -0.39 is 39.7 Å². The second-order valence-corrected chi connectivity index (χ2v) is 12.0. The van der Waals surface area contributed by atoms with E-state index in [1.165, 1.54) is 22.7 Å². The molecule has 2 aliphatic heterocycles. The van der Waals surface area contributed by atoms with Crippen LogP contribution in [-0.4, -0.2) is 65.9 Å². The highest BCUT2D eigenvalue weighted by molar-refractivity contribution is 7.88. The van der Waals surface area contributed by atoms with Gasteiger partial charge in [-0.3, -0.25) is 4.90 Å². The second-order valence-electron chi connectivity index (χ2n) is 10.1. The quantitative estimate of drug-likeness (QED) is 0.709. The van der Waals surface area contributed by atoms with Gasteiger partial charge in [0.25, 0.3) is 0 Å². The summed E-state index contributed by atoms with van der Waals surface area (Å²) in [5.74, 6) is -0.318. The van der Waals surface area contributed by atoms with E-state index in [1.807, 2.05) is 0 Å². The number of aliphatic hydroxyl groups excluding tert-OH is 1. The van der Waals surface area contributed by atoms with Gasteiger partial charge in [0, 0.05) is 19.1 Å². The molecule has 3 rings (SSSR count). The first kappa shape index (κ1) is 24.9. The van der Waals surface area contributed by atoms with Gasteiger partial charge in [-0.05, 0) is 76.5 Å². The molecule has 2 aliphatic rings. The van der Waals surface area contributed by atoms with Crippen LogP contribution >= 0.6 is 0 Å². The van der Waals surface area contributed by atoms with E-state index in [4.69, 9.17) is 4.74 Å². The maximum atomic E-state index is 13.7. The molecule has 4 atom stereocenters. The molecule has 2 saturated heterocycles. The molecule has 0 aliphatic carbocycles. The summed E-state index contributed by atoms with van der Waals surface area (Å²) in [5, 5.41) is 11.0. The van der Waals surface area contributed by atoms with Gasteiger partial charge < -0.3 is 9.84 Å². The lowest BCUT2D eigenvalue weighted by Gasteiger charge is -2.37. The molecule has 0 unspecified atom stereocenters. The average molecular weight is 471 g/mol. The molecule has 2 heterocycles. The third-order valence-corrected chi connectivity index (χ3v) is 7.53. The number of amides is 1. The van der Waals surface area contributed by atoms with Gasteiger partial charge in [-0.15, -0.1) is 0 Å². The highest BCUT2D eigenvalue weighted by Crippen LogP contribution is 2.38. The van der Waals surface area contributed by atoms with Crippen LogP contribution in [0.3, 0.4) is 0 Å². The van der Waals surface area contributed by atoms with Crippen LogP contribution in [0.4, 0.5) is 9.18 Å². The molecule has 1 aromatic carbocycles. The van der Waals surface area contributed by atoms with Crippen molar-refractivity contribution in [2.24, 2.45) is 5.92 Å².